The molecular weight excluding hydrogens is 122 g/mol. The zero-order valence-corrected chi connectivity index (χ0v) is 8.12. The van der Waals surface area contributed by atoms with Gasteiger partial charge in [0.15, 0.2) is 0 Å². The Morgan fingerprint density at radius 2 is 1.50 bits per heavy atom. The quantitative estimate of drug-likeness (QED) is 0.513. The molecule has 0 heterocycles. The molecule has 0 radical (unpaired) electrons. The molecule has 1 nitrogen and oxygen atoms in total. The van der Waals surface area contributed by atoms with E-state index in [-0.39, 0.29) is 11.0 Å². The van der Waals surface area contributed by atoms with Crippen LogP contribution in [0.1, 0.15) is 34.6 Å². The van der Waals surface area contributed by atoms with Gasteiger partial charge < -0.3 is 4.65 Å². The van der Waals surface area contributed by atoms with E-state index < -0.39 is 0 Å². The Bertz CT molecular complexity index is 105. The van der Waals surface area contributed by atoms with Crippen molar-refractivity contribution in [1.82, 2.24) is 0 Å². The maximum absolute atomic E-state index is 5.59. The van der Waals surface area contributed by atoms with Crippen LogP contribution in [0, 0.1) is 5.41 Å². The summed E-state index contributed by atoms with van der Waals surface area (Å²) in [4.78, 5) is 0. The molecule has 0 saturated carbocycles. The average molecular weight is 140 g/mol. The van der Waals surface area contributed by atoms with Gasteiger partial charge >= 0.3 is 0 Å². The van der Waals surface area contributed by atoms with Gasteiger partial charge in [-0.05, 0) is 19.3 Å². The lowest BCUT2D eigenvalue weighted by Gasteiger charge is -2.39. The summed E-state index contributed by atoms with van der Waals surface area (Å²) in [6.45, 7) is 10.9. The van der Waals surface area contributed by atoms with E-state index in [4.69, 9.17) is 4.65 Å². The van der Waals surface area contributed by atoms with Crippen molar-refractivity contribution in [2.24, 2.45) is 5.41 Å². The second-order valence-electron chi connectivity index (χ2n) is 4.19. The SMILES string of the molecule is BBOC(C)(C)C(C)(C)C. The molecule has 0 fully saturated rings. The Labute approximate surface area is 66.2 Å². The minimum absolute atomic E-state index is 0.0122. The summed E-state index contributed by atoms with van der Waals surface area (Å²) < 4.78 is 5.59. The fraction of sp³-hybridized carbons (Fsp3) is 1.00. The Hall–Kier alpha value is 0.0899. The van der Waals surface area contributed by atoms with Crippen molar-refractivity contribution in [3.8, 4) is 0 Å². The molecular formula is C7H18B2O. The molecule has 0 aliphatic heterocycles. The van der Waals surface area contributed by atoms with Gasteiger partial charge in [0.25, 0.3) is 0 Å². The molecule has 0 spiro atoms. The maximum Gasteiger partial charge on any atom is 0.231 e. The summed E-state index contributed by atoms with van der Waals surface area (Å²) >= 11 is 0. The zero-order valence-electron chi connectivity index (χ0n) is 8.12. The van der Waals surface area contributed by atoms with Crippen LogP contribution < -0.4 is 0 Å². The summed E-state index contributed by atoms with van der Waals surface area (Å²) in [5.41, 5.74) is 0.213. The average Bonchev–Trinajstić information content (AvgIpc) is 1.61. The molecule has 0 saturated heterocycles. The van der Waals surface area contributed by atoms with Crippen molar-refractivity contribution in [3.63, 3.8) is 0 Å². The Balaban J connectivity index is 4.10. The molecule has 0 aromatic heterocycles. The topological polar surface area (TPSA) is 9.23 Å². The smallest absolute Gasteiger partial charge is 0.231 e. The fourth-order valence-electron chi connectivity index (χ4n) is 0.577. The third kappa shape index (κ3) is 2.37. The van der Waals surface area contributed by atoms with Crippen molar-refractivity contribution in [2.45, 2.75) is 40.2 Å². The summed E-state index contributed by atoms with van der Waals surface area (Å²) in [5.74, 6) is 0. The van der Waals surface area contributed by atoms with Crippen LogP contribution in [0.3, 0.4) is 0 Å². The van der Waals surface area contributed by atoms with E-state index in [1.807, 2.05) is 7.74 Å². The van der Waals surface area contributed by atoms with Gasteiger partial charge in [0.1, 0.15) is 7.74 Å². The molecule has 0 aliphatic carbocycles. The molecule has 0 bridgehead atoms. The first-order valence-corrected chi connectivity index (χ1v) is 3.95. The summed E-state index contributed by atoms with van der Waals surface area (Å²) in [6.07, 6.45) is 0. The first kappa shape index (κ1) is 10.1. The van der Waals surface area contributed by atoms with Gasteiger partial charge in [-0.15, -0.1) is 0 Å². The van der Waals surface area contributed by atoms with E-state index in [1.165, 1.54) is 0 Å². The van der Waals surface area contributed by atoms with Crippen LogP contribution in [0.2, 0.25) is 0 Å². The highest BCUT2D eigenvalue weighted by atomic mass is 16.5. The van der Waals surface area contributed by atoms with Crippen molar-refractivity contribution in [3.05, 3.63) is 0 Å². The number of rotatable bonds is 2. The molecule has 0 aromatic carbocycles. The normalized spacial score (nSPS) is 13.3. The highest BCUT2D eigenvalue weighted by Crippen LogP contribution is 2.32. The van der Waals surface area contributed by atoms with Crippen molar-refractivity contribution in [2.75, 3.05) is 0 Å². The second-order valence-corrected chi connectivity index (χ2v) is 4.19. The van der Waals surface area contributed by atoms with E-state index in [1.54, 1.807) is 0 Å². The van der Waals surface area contributed by atoms with Crippen LogP contribution in [0.5, 0.6) is 0 Å². The molecule has 0 atom stereocenters. The molecule has 10 heavy (non-hydrogen) atoms. The van der Waals surface area contributed by atoms with Gasteiger partial charge in [-0.2, -0.15) is 0 Å². The van der Waals surface area contributed by atoms with Gasteiger partial charge in [-0.3, -0.25) is 0 Å². The third-order valence-electron chi connectivity index (χ3n) is 2.31. The Kier molecular flexibility index (Phi) is 3.02. The summed E-state index contributed by atoms with van der Waals surface area (Å²) in [6, 6.07) is 0. The fourth-order valence-corrected chi connectivity index (χ4v) is 0.577. The zero-order chi connectivity index (χ0) is 8.41. The largest absolute Gasteiger partial charge is 0.444 e. The van der Waals surface area contributed by atoms with Gasteiger partial charge in [-0.25, -0.2) is 0 Å². The standard InChI is InChI=1S/C7H18B2O/c1-6(2,3)7(4,5)10-9-8/h9H,8H2,1-5H3. The van der Waals surface area contributed by atoms with E-state index in [2.05, 4.69) is 34.6 Å². The molecule has 0 rings (SSSR count). The van der Waals surface area contributed by atoms with Crippen LogP contribution in [-0.2, 0) is 4.65 Å². The molecule has 0 amide bonds. The lowest BCUT2D eigenvalue weighted by molar-refractivity contribution is 0.00621. The number of hydrogen-bond acceptors (Lipinski definition) is 1. The summed E-state index contributed by atoms with van der Waals surface area (Å²) in [5, 5.41) is 0. The Morgan fingerprint density at radius 3 is 1.60 bits per heavy atom. The minimum Gasteiger partial charge on any atom is -0.444 e. The first-order valence-electron chi connectivity index (χ1n) is 3.95. The highest BCUT2D eigenvalue weighted by molar-refractivity contribution is 6.85. The van der Waals surface area contributed by atoms with Crippen LogP contribution in [0.25, 0.3) is 0 Å². The molecule has 0 aromatic rings. The molecule has 0 aliphatic rings. The van der Waals surface area contributed by atoms with Crippen LogP contribution in [0.15, 0.2) is 0 Å². The third-order valence-corrected chi connectivity index (χ3v) is 2.31. The lowest BCUT2D eigenvalue weighted by Crippen LogP contribution is -2.40. The Morgan fingerprint density at radius 1 is 1.10 bits per heavy atom. The minimum atomic E-state index is -0.0122. The van der Waals surface area contributed by atoms with Crippen LogP contribution in [0.4, 0.5) is 0 Å². The van der Waals surface area contributed by atoms with E-state index in [0.717, 1.165) is 7.37 Å². The molecule has 0 unspecified atom stereocenters. The van der Waals surface area contributed by atoms with Crippen molar-refractivity contribution < 1.29 is 4.65 Å². The van der Waals surface area contributed by atoms with Gasteiger partial charge in [0, 0.05) is 5.60 Å². The van der Waals surface area contributed by atoms with Gasteiger partial charge in [0.2, 0.25) is 7.37 Å². The monoisotopic (exact) mass is 140 g/mol. The second kappa shape index (κ2) is 3.00. The molecule has 3 heteroatoms. The molecule has 0 N–H and O–H groups in total. The van der Waals surface area contributed by atoms with Crippen LogP contribution in [-0.4, -0.2) is 20.7 Å². The van der Waals surface area contributed by atoms with Crippen molar-refractivity contribution in [1.29, 1.82) is 0 Å². The maximum atomic E-state index is 5.59. The van der Waals surface area contributed by atoms with Gasteiger partial charge in [0.05, 0.1) is 0 Å². The van der Waals surface area contributed by atoms with E-state index >= 15 is 0 Å². The van der Waals surface area contributed by atoms with Crippen molar-refractivity contribution >= 4 is 15.1 Å². The molecule has 58 valence electrons. The first-order chi connectivity index (χ1) is 4.31. The summed E-state index contributed by atoms with van der Waals surface area (Å²) in [7, 11) is 2.83. The number of hydrogen-bond donors (Lipinski definition) is 0. The van der Waals surface area contributed by atoms with E-state index in [0.29, 0.717) is 0 Å². The predicted octanol–water partition coefficient (Wildman–Crippen LogP) is 0.727. The predicted molar refractivity (Wildman–Crippen MR) is 50.3 cm³/mol. The van der Waals surface area contributed by atoms with Crippen LogP contribution >= 0.6 is 0 Å². The van der Waals surface area contributed by atoms with Gasteiger partial charge in [-0.1, -0.05) is 20.8 Å². The lowest BCUT2D eigenvalue weighted by atomic mass is 9.69. The van der Waals surface area contributed by atoms with E-state index in [9.17, 15) is 0 Å². The highest BCUT2D eigenvalue weighted by Gasteiger charge is 2.32.